The highest BCUT2D eigenvalue weighted by atomic mass is 35.5. The predicted octanol–water partition coefficient (Wildman–Crippen LogP) is 5.69. The van der Waals surface area contributed by atoms with Crippen molar-refractivity contribution in [3.8, 4) is 5.75 Å². The maximum absolute atomic E-state index is 12.8. The summed E-state index contributed by atoms with van der Waals surface area (Å²) in [5, 5.41) is 3.83. The van der Waals surface area contributed by atoms with Gasteiger partial charge < -0.3 is 10.1 Å². The molecule has 3 nitrogen and oxygen atoms in total. The van der Waals surface area contributed by atoms with Gasteiger partial charge in [-0.25, -0.2) is 0 Å². The van der Waals surface area contributed by atoms with Crippen LogP contribution in [0.3, 0.4) is 0 Å². The van der Waals surface area contributed by atoms with E-state index in [2.05, 4.69) is 44.3 Å². The van der Waals surface area contributed by atoms with Gasteiger partial charge in [-0.05, 0) is 74.1 Å². The van der Waals surface area contributed by atoms with E-state index in [4.69, 9.17) is 16.3 Å². The first kappa shape index (κ1) is 20.3. The van der Waals surface area contributed by atoms with Crippen LogP contribution in [-0.2, 0) is 4.79 Å². The normalized spacial score (nSPS) is 13.2. The third kappa shape index (κ3) is 5.01. The maximum atomic E-state index is 12.8. The molecule has 2 aromatic rings. The van der Waals surface area contributed by atoms with Crippen molar-refractivity contribution in [3.63, 3.8) is 0 Å². The third-order valence-electron chi connectivity index (χ3n) is 4.73. The predicted molar refractivity (Wildman–Crippen MR) is 108 cm³/mol. The summed E-state index contributed by atoms with van der Waals surface area (Å²) in [5.41, 5.74) is 4.54. The van der Waals surface area contributed by atoms with Gasteiger partial charge in [0.05, 0.1) is 6.04 Å². The van der Waals surface area contributed by atoms with E-state index in [0.29, 0.717) is 17.2 Å². The molecule has 1 N–H and O–H groups in total. The van der Waals surface area contributed by atoms with Crippen LogP contribution in [0.5, 0.6) is 5.75 Å². The van der Waals surface area contributed by atoms with E-state index in [0.717, 1.165) is 17.5 Å². The van der Waals surface area contributed by atoms with E-state index in [-0.39, 0.29) is 11.9 Å². The summed E-state index contributed by atoms with van der Waals surface area (Å²) in [5.74, 6) is 0.568. The van der Waals surface area contributed by atoms with Crippen molar-refractivity contribution in [2.24, 2.45) is 0 Å². The summed E-state index contributed by atoms with van der Waals surface area (Å²) in [6.07, 6.45) is 0.887. The van der Waals surface area contributed by atoms with Crippen molar-refractivity contribution >= 4 is 17.5 Å². The molecule has 2 aromatic carbocycles. The van der Waals surface area contributed by atoms with Gasteiger partial charge in [0.25, 0.3) is 5.91 Å². The number of aryl methyl sites for hydroxylation is 3. The fraction of sp³-hybridized carbons (Fsp3) is 0.409. The molecule has 0 radical (unpaired) electrons. The summed E-state index contributed by atoms with van der Waals surface area (Å²) in [4.78, 5) is 12.8. The molecule has 1 amide bonds. The second kappa shape index (κ2) is 9.09. The van der Waals surface area contributed by atoms with Crippen molar-refractivity contribution in [2.45, 2.75) is 59.6 Å². The molecule has 0 heterocycles. The summed E-state index contributed by atoms with van der Waals surface area (Å²) in [6, 6.07) is 11.8. The standard InChI is InChI=1S/C22H28ClNO2/c1-6-20(17-9-8-14(3)15(4)12-17)24-22(25)21(7-2)26-18-10-11-19(23)16(5)13-18/h8-13,20-21H,6-7H2,1-5H3,(H,24,25). The van der Waals surface area contributed by atoms with Crippen molar-refractivity contribution < 1.29 is 9.53 Å². The maximum Gasteiger partial charge on any atom is 0.261 e. The number of hydrogen-bond acceptors (Lipinski definition) is 2. The van der Waals surface area contributed by atoms with Crippen LogP contribution in [0.1, 0.15) is 55.0 Å². The first-order valence-electron chi connectivity index (χ1n) is 9.16. The zero-order valence-electron chi connectivity index (χ0n) is 16.2. The second-order valence-electron chi connectivity index (χ2n) is 6.74. The van der Waals surface area contributed by atoms with Crippen LogP contribution >= 0.6 is 11.6 Å². The first-order valence-corrected chi connectivity index (χ1v) is 9.53. The van der Waals surface area contributed by atoms with E-state index >= 15 is 0 Å². The van der Waals surface area contributed by atoms with E-state index < -0.39 is 6.10 Å². The number of carbonyl (C=O) groups excluding carboxylic acids is 1. The minimum Gasteiger partial charge on any atom is -0.481 e. The molecule has 0 saturated carbocycles. The Balaban J connectivity index is 2.10. The Morgan fingerprint density at radius 1 is 1.00 bits per heavy atom. The lowest BCUT2D eigenvalue weighted by molar-refractivity contribution is -0.128. The number of rotatable bonds is 7. The number of benzene rings is 2. The molecule has 0 bridgehead atoms. The summed E-state index contributed by atoms with van der Waals surface area (Å²) < 4.78 is 5.91. The van der Waals surface area contributed by atoms with Gasteiger partial charge in [-0.3, -0.25) is 4.79 Å². The van der Waals surface area contributed by atoms with Gasteiger partial charge in [0.15, 0.2) is 6.10 Å². The Hall–Kier alpha value is -2.00. The molecule has 0 aromatic heterocycles. The van der Waals surface area contributed by atoms with Crippen molar-refractivity contribution in [1.82, 2.24) is 5.32 Å². The number of ether oxygens (including phenoxy) is 1. The third-order valence-corrected chi connectivity index (χ3v) is 5.15. The van der Waals surface area contributed by atoms with Gasteiger partial charge in [0, 0.05) is 5.02 Å². The molecule has 0 aliphatic heterocycles. The van der Waals surface area contributed by atoms with Crippen LogP contribution < -0.4 is 10.1 Å². The van der Waals surface area contributed by atoms with Crippen LogP contribution in [0.2, 0.25) is 5.02 Å². The molecular formula is C22H28ClNO2. The molecule has 140 valence electrons. The SMILES string of the molecule is CCC(Oc1ccc(Cl)c(C)c1)C(=O)NC(CC)c1ccc(C)c(C)c1. The highest BCUT2D eigenvalue weighted by molar-refractivity contribution is 6.31. The Labute approximate surface area is 161 Å². The zero-order valence-corrected chi connectivity index (χ0v) is 17.0. The Morgan fingerprint density at radius 2 is 1.73 bits per heavy atom. The van der Waals surface area contributed by atoms with Crippen molar-refractivity contribution in [3.05, 3.63) is 63.7 Å². The van der Waals surface area contributed by atoms with Crippen molar-refractivity contribution in [2.75, 3.05) is 0 Å². The van der Waals surface area contributed by atoms with E-state index in [1.807, 2.05) is 19.9 Å². The van der Waals surface area contributed by atoms with Crippen molar-refractivity contribution in [1.29, 1.82) is 0 Å². The van der Waals surface area contributed by atoms with Gasteiger partial charge in [-0.15, -0.1) is 0 Å². The molecule has 0 saturated heterocycles. The molecule has 0 aliphatic rings. The first-order chi connectivity index (χ1) is 12.3. The Bertz CT molecular complexity index is 773. The van der Waals surface area contributed by atoms with Gasteiger partial charge >= 0.3 is 0 Å². The molecule has 2 atom stereocenters. The smallest absolute Gasteiger partial charge is 0.261 e. The largest absolute Gasteiger partial charge is 0.481 e. The van der Waals surface area contributed by atoms with Crippen LogP contribution in [0.4, 0.5) is 0 Å². The molecule has 0 aliphatic carbocycles. The highest BCUT2D eigenvalue weighted by Gasteiger charge is 2.22. The molecule has 2 unspecified atom stereocenters. The quantitative estimate of drug-likeness (QED) is 0.676. The van der Waals surface area contributed by atoms with Crippen LogP contribution in [0.15, 0.2) is 36.4 Å². The fourth-order valence-electron chi connectivity index (χ4n) is 2.84. The Kier molecular flexibility index (Phi) is 7.10. The van der Waals surface area contributed by atoms with E-state index in [1.54, 1.807) is 12.1 Å². The number of hydrogen-bond donors (Lipinski definition) is 1. The van der Waals surface area contributed by atoms with Gasteiger partial charge in [0.1, 0.15) is 5.75 Å². The lowest BCUT2D eigenvalue weighted by atomic mass is 9.99. The molecule has 0 spiro atoms. The average Bonchev–Trinajstić information content (AvgIpc) is 2.62. The van der Waals surface area contributed by atoms with Gasteiger partial charge in [0.2, 0.25) is 0 Å². The monoisotopic (exact) mass is 373 g/mol. The lowest BCUT2D eigenvalue weighted by Gasteiger charge is -2.23. The number of amides is 1. The molecule has 2 rings (SSSR count). The summed E-state index contributed by atoms with van der Waals surface area (Å²) >= 11 is 6.06. The summed E-state index contributed by atoms with van der Waals surface area (Å²) in [7, 11) is 0. The Morgan fingerprint density at radius 3 is 2.31 bits per heavy atom. The van der Waals surface area contributed by atoms with Crippen LogP contribution in [0.25, 0.3) is 0 Å². The minimum absolute atomic E-state index is 0.0218. The molecule has 26 heavy (non-hydrogen) atoms. The number of carbonyl (C=O) groups is 1. The van der Waals surface area contributed by atoms with Gasteiger partial charge in [-0.1, -0.05) is 43.6 Å². The minimum atomic E-state index is -0.531. The molecule has 0 fully saturated rings. The highest BCUT2D eigenvalue weighted by Crippen LogP contribution is 2.24. The number of halogens is 1. The summed E-state index contributed by atoms with van der Waals surface area (Å²) in [6.45, 7) is 10.1. The zero-order chi connectivity index (χ0) is 19.3. The number of nitrogens with one attached hydrogen (secondary N) is 1. The lowest BCUT2D eigenvalue weighted by Crippen LogP contribution is -2.40. The topological polar surface area (TPSA) is 38.3 Å². The molecule has 4 heteroatoms. The average molecular weight is 374 g/mol. The van der Waals surface area contributed by atoms with E-state index in [9.17, 15) is 4.79 Å². The molecular weight excluding hydrogens is 346 g/mol. The second-order valence-corrected chi connectivity index (χ2v) is 7.15. The van der Waals surface area contributed by atoms with Crippen LogP contribution in [0, 0.1) is 20.8 Å². The van der Waals surface area contributed by atoms with Gasteiger partial charge in [-0.2, -0.15) is 0 Å². The fourth-order valence-corrected chi connectivity index (χ4v) is 2.96. The van der Waals surface area contributed by atoms with E-state index in [1.165, 1.54) is 11.1 Å². The van der Waals surface area contributed by atoms with Crippen LogP contribution in [-0.4, -0.2) is 12.0 Å².